The molecule has 0 bridgehead atoms. The van der Waals surface area contributed by atoms with Crippen molar-refractivity contribution in [2.75, 3.05) is 20.7 Å². The summed E-state index contributed by atoms with van der Waals surface area (Å²) in [4.78, 5) is 17.7. The van der Waals surface area contributed by atoms with E-state index in [9.17, 15) is 4.79 Å². The lowest BCUT2D eigenvalue weighted by Crippen LogP contribution is -2.23. The van der Waals surface area contributed by atoms with Crippen molar-refractivity contribution in [1.82, 2.24) is 4.90 Å². The van der Waals surface area contributed by atoms with E-state index in [1.807, 2.05) is 18.9 Å². The average molecular weight is 261 g/mol. The van der Waals surface area contributed by atoms with E-state index in [0.717, 1.165) is 37.0 Å². The Balaban J connectivity index is 0.00000256. The first-order valence-electron chi connectivity index (χ1n) is 5.75. The number of hydrogen-bond donors (Lipinski definition) is 0. The number of halogens is 1. The second-order valence-corrected chi connectivity index (χ2v) is 3.84. The zero-order valence-electron chi connectivity index (χ0n) is 10.7. The molecular weight excluding hydrogens is 240 g/mol. The first-order valence-corrected chi connectivity index (χ1v) is 5.75. The van der Waals surface area contributed by atoms with Crippen LogP contribution in [0.5, 0.6) is 0 Å². The molecule has 1 aliphatic rings. The molecule has 0 saturated carbocycles. The Morgan fingerprint density at radius 2 is 2.12 bits per heavy atom. The van der Waals surface area contributed by atoms with E-state index in [1.54, 1.807) is 13.4 Å². The van der Waals surface area contributed by atoms with Gasteiger partial charge in [-0.15, -0.1) is 12.4 Å². The van der Waals surface area contributed by atoms with E-state index in [1.165, 1.54) is 0 Å². The number of rotatable bonds is 4. The van der Waals surface area contributed by atoms with Crippen LogP contribution in [-0.2, 0) is 9.53 Å². The van der Waals surface area contributed by atoms with Gasteiger partial charge in [0, 0.05) is 19.8 Å². The van der Waals surface area contributed by atoms with Crippen LogP contribution in [0.2, 0.25) is 0 Å². The standard InChI is InChI=1S/C12H20N2O2.ClH/c1-4-16-12(15)10-7-5-6-8-11(10)14(3)9-13-2;/h9H,4-8H2,1-3H3;1H. The summed E-state index contributed by atoms with van der Waals surface area (Å²) in [5.74, 6) is -0.173. The molecule has 0 fully saturated rings. The second kappa shape index (κ2) is 8.12. The molecule has 0 radical (unpaired) electrons. The number of ether oxygens (including phenoxy) is 1. The van der Waals surface area contributed by atoms with E-state index in [0.29, 0.717) is 6.61 Å². The van der Waals surface area contributed by atoms with Crippen LogP contribution in [-0.4, -0.2) is 37.9 Å². The minimum Gasteiger partial charge on any atom is -0.463 e. The molecule has 0 aromatic heterocycles. The molecule has 0 N–H and O–H groups in total. The zero-order valence-corrected chi connectivity index (χ0v) is 11.5. The summed E-state index contributed by atoms with van der Waals surface area (Å²) in [6, 6.07) is 0. The van der Waals surface area contributed by atoms with Crippen molar-refractivity contribution in [3.8, 4) is 0 Å². The van der Waals surface area contributed by atoms with Crippen molar-refractivity contribution in [2.45, 2.75) is 32.6 Å². The van der Waals surface area contributed by atoms with Gasteiger partial charge in [0.2, 0.25) is 0 Å². The molecule has 0 aromatic rings. The van der Waals surface area contributed by atoms with Gasteiger partial charge < -0.3 is 9.64 Å². The van der Waals surface area contributed by atoms with Crippen molar-refractivity contribution in [2.24, 2.45) is 4.99 Å². The fourth-order valence-corrected chi connectivity index (χ4v) is 1.96. The summed E-state index contributed by atoms with van der Waals surface area (Å²) in [5, 5.41) is 0. The van der Waals surface area contributed by atoms with E-state index < -0.39 is 0 Å². The Labute approximate surface area is 109 Å². The highest BCUT2D eigenvalue weighted by atomic mass is 35.5. The minimum atomic E-state index is -0.173. The van der Waals surface area contributed by atoms with Crippen LogP contribution in [0.3, 0.4) is 0 Å². The van der Waals surface area contributed by atoms with E-state index in [4.69, 9.17) is 4.74 Å². The van der Waals surface area contributed by atoms with Gasteiger partial charge in [-0.1, -0.05) is 0 Å². The third kappa shape index (κ3) is 4.38. The van der Waals surface area contributed by atoms with Crippen molar-refractivity contribution in [3.05, 3.63) is 11.3 Å². The maximum atomic E-state index is 11.8. The van der Waals surface area contributed by atoms with Crippen LogP contribution in [0.25, 0.3) is 0 Å². The number of nitrogens with zero attached hydrogens (tertiary/aromatic N) is 2. The molecule has 1 rings (SSSR count). The maximum absolute atomic E-state index is 11.8. The molecule has 5 heteroatoms. The van der Waals surface area contributed by atoms with Gasteiger partial charge in [0.25, 0.3) is 0 Å². The van der Waals surface area contributed by atoms with Crippen LogP contribution < -0.4 is 0 Å². The number of carbonyl (C=O) groups is 1. The molecule has 0 atom stereocenters. The Bertz CT molecular complexity index is 314. The van der Waals surface area contributed by atoms with E-state index in [2.05, 4.69) is 4.99 Å². The average Bonchev–Trinajstić information content (AvgIpc) is 2.30. The number of aliphatic imine (C=N–C) groups is 1. The van der Waals surface area contributed by atoms with Gasteiger partial charge in [-0.2, -0.15) is 0 Å². The molecule has 0 heterocycles. The fraction of sp³-hybridized carbons (Fsp3) is 0.667. The number of carbonyl (C=O) groups excluding carboxylic acids is 1. The lowest BCUT2D eigenvalue weighted by atomic mass is 9.95. The third-order valence-electron chi connectivity index (χ3n) is 2.67. The molecule has 0 spiro atoms. The SMILES string of the molecule is CCOC(=O)C1=C(N(C)C=NC)CCCC1.Cl. The summed E-state index contributed by atoms with van der Waals surface area (Å²) in [6.45, 7) is 2.26. The van der Waals surface area contributed by atoms with Crippen molar-refractivity contribution < 1.29 is 9.53 Å². The molecular formula is C12H21ClN2O2. The van der Waals surface area contributed by atoms with Gasteiger partial charge in [0.15, 0.2) is 0 Å². The normalized spacial score (nSPS) is 15.7. The Hall–Kier alpha value is -1.03. The van der Waals surface area contributed by atoms with Crippen LogP contribution >= 0.6 is 12.4 Å². The first kappa shape index (κ1) is 16.0. The molecule has 4 nitrogen and oxygen atoms in total. The van der Waals surface area contributed by atoms with Gasteiger partial charge in [-0.25, -0.2) is 4.79 Å². The van der Waals surface area contributed by atoms with Crippen LogP contribution in [0, 0.1) is 0 Å². The lowest BCUT2D eigenvalue weighted by Gasteiger charge is -2.25. The van der Waals surface area contributed by atoms with Gasteiger partial charge >= 0.3 is 5.97 Å². The number of hydrogen-bond acceptors (Lipinski definition) is 3. The molecule has 0 aliphatic heterocycles. The predicted octanol–water partition coefficient (Wildman–Crippen LogP) is 2.39. The molecule has 0 aromatic carbocycles. The monoisotopic (exact) mass is 260 g/mol. The summed E-state index contributed by atoms with van der Waals surface area (Å²) in [7, 11) is 3.65. The van der Waals surface area contributed by atoms with Gasteiger partial charge in [0.1, 0.15) is 0 Å². The van der Waals surface area contributed by atoms with E-state index >= 15 is 0 Å². The smallest absolute Gasteiger partial charge is 0.335 e. The molecule has 98 valence electrons. The molecule has 17 heavy (non-hydrogen) atoms. The van der Waals surface area contributed by atoms with Gasteiger partial charge in [-0.3, -0.25) is 4.99 Å². The third-order valence-corrected chi connectivity index (χ3v) is 2.67. The molecule has 0 saturated heterocycles. The molecule has 1 aliphatic carbocycles. The predicted molar refractivity (Wildman–Crippen MR) is 71.6 cm³/mol. The summed E-state index contributed by atoms with van der Waals surface area (Å²) >= 11 is 0. The Morgan fingerprint density at radius 1 is 1.47 bits per heavy atom. The van der Waals surface area contributed by atoms with Crippen LogP contribution in [0.15, 0.2) is 16.3 Å². The molecule has 0 unspecified atom stereocenters. The summed E-state index contributed by atoms with van der Waals surface area (Å²) in [6.07, 6.45) is 5.67. The number of esters is 1. The van der Waals surface area contributed by atoms with Crippen molar-refractivity contribution in [3.63, 3.8) is 0 Å². The second-order valence-electron chi connectivity index (χ2n) is 3.84. The van der Waals surface area contributed by atoms with Crippen molar-refractivity contribution >= 4 is 24.7 Å². The topological polar surface area (TPSA) is 41.9 Å². The number of allylic oxidation sites excluding steroid dienone is 1. The largest absolute Gasteiger partial charge is 0.463 e. The quantitative estimate of drug-likeness (QED) is 0.443. The van der Waals surface area contributed by atoms with Gasteiger partial charge in [-0.05, 0) is 32.6 Å². The summed E-state index contributed by atoms with van der Waals surface area (Å²) in [5.41, 5.74) is 1.87. The highest BCUT2D eigenvalue weighted by molar-refractivity contribution is 5.90. The zero-order chi connectivity index (χ0) is 12.0. The molecule has 0 amide bonds. The Morgan fingerprint density at radius 3 is 2.71 bits per heavy atom. The van der Waals surface area contributed by atoms with E-state index in [-0.39, 0.29) is 18.4 Å². The summed E-state index contributed by atoms with van der Waals surface area (Å²) < 4.78 is 5.07. The highest BCUT2D eigenvalue weighted by Crippen LogP contribution is 2.26. The Kier molecular flexibility index (Phi) is 7.63. The van der Waals surface area contributed by atoms with Crippen LogP contribution in [0.4, 0.5) is 0 Å². The first-order chi connectivity index (χ1) is 7.70. The minimum absolute atomic E-state index is 0. The lowest BCUT2D eigenvalue weighted by molar-refractivity contribution is -0.138. The fourth-order valence-electron chi connectivity index (χ4n) is 1.96. The van der Waals surface area contributed by atoms with Gasteiger partial charge in [0.05, 0.1) is 18.5 Å². The highest BCUT2D eigenvalue weighted by Gasteiger charge is 2.21. The van der Waals surface area contributed by atoms with Crippen molar-refractivity contribution in [1.29, 1.82) is 0 Å². The van der Waals surface area contributed by atoms with Crippen LogP contribution in [0.1, 0.15) is 32.6 Å². The maximum Gasteiger partial charge on any atom is 0.335 e.